The van der Waals surface area contributed by atoms with Gasteiger partial charge in [0.2, 0.25) is 0 Å². The van der Waals surface area contributed by atoms with Gasteiger partial charge in [0.1, 0.15) is 5.01 Å². The Morgan fingerprint density at radius 1 is 1.89 bits per heavy atom. The maximum atomic E-state index is 5.41. The number of rotatable bonds is 1. The van der Waals surface area contributed by atoms with E-state index in [1.54, 1.807) is 17.5 Å². The van der Waals surface area contributed by atoms with Gasteiger partial charge in [0.15, 0.2) is 0 Å². The monoisotopic (exact) mass is 140 g/mol. The summed E-state index contributed by atoms with van der Waals surface area (Å²) in [5, 5.41) is 2.89. The summed E-state index contributed by atoms with van der Waals surface area (Å²) in [4.78, 5) is 4.02. The van der Waals surface area contributed by atoms with Crippen LogP contribution in [0.2, 0.25) is 0 Å². The third-order valence-electron chi connectivity index (χ3n) is 0.803. The SMILES string of the molecule is C/C(N)=C\c1nccs1. The van der Waals surface area contributed by atoms with Gasteiger partial charge in [0, 0.05) is 17.3 Å². The summed E-state index contributed by atoms with van der Waals surface area (Å²) < 4.78 is 0. The van der Waals surface area contributed by atoms with Crippen molar-refractivity contribution in [3.8, 4) is 0 Å². The van der Waals surface area contributed by atoms with Crippen LogP contribution in [-0.2, 0) is 0 Å². The van der Waals surface area contributed by atoms with Gasteiger partial charge in [-0.3, -0.25) is 0 Å². The highest BCUT2D eigenvalue weighted by Crippen LogP contribution is 2.06. The first-order chi connectivity index (χ1) is 4.29. The van der Waals surface area contributed by atoms with E-state index in [1.807, 2.05) is 18.4 Å². The van der Waals surface area contributed by atoms with E-state index in [0.29, 0.717) is 0 Å². The Morgan fingerprint density at radius 2 is 2.67 bits per heavy atom. The van der Waals surface area contributed by atoms with E-state index in [9.17, 15) is 0 Å². The van der Waals surface area contributed by atoms with Crippen LogP contribution in [0, 0.1) is 0 Å². The minimum atomic E-state index is 0.796. The molecule has 0 atom stereocenters. The van der Waals surface area contributed by atoms with Crippen LogP contribution in [0.1, 0.15) is 11.9 Å². The predicted octanol–water partition coefficient (Wildman–Crippen LogP) is 1.46. The predicted molar refractivity (Wildman–Crippen MR) is 40.0 cm³/mol. The second kappa shape index (κ2) is 2.64. The number of hydrogen-bond acceptors (Lipinski definition) is 3. The molecule has 0 aliphatic carbocycles. The molecule has 0 aliphatic heterocycles. The zero-order chi connectivity index (χ0) is 6.69. The first kappa shape index (κ1) is 6.29. The van der Waals surface area contributed by atoms with E-state index in [-0.39, 0.29) is 0 Å². The molecule has 0 spiro atoms. The van der Waals surface area contributed by atoms with Gasteiger partial charge in [0.05, 0.1) is 0 Å². The molecular formula is C6H8N2S. The Kier molecular flexibility index (Phi) is 1.85. The molecule has 0 radical (unpaired) electrons. The molecule has 0 bridgehead atoms. The van der Waals surface area contributed by atoms with Crippen molar-refractivity contribution in [3.05, 3.63) is 22.3 Å². The van der Waals surface area contributed by atoms with Crippen molar-refractivity contribution in [2.75, 3.05) is 0 Å². The van der Waals surface area contributed by atoms with E-state index in [0.717, 1.165) is 10.7 Å². The van der Waals surface area contributed by atoms with Gasteiger partial charge in [-0.2, -0.15) is 0 Å². The van der Waals surface area contributed by atoms with Gasteiger partial charge >= 0.3 is 0 Å². The molecule has 48 valence electrons. The first-order valence-corrected chi connectivity index (χ1v) is 3.50. The maximum Gasteiger partial charge on any atom is 0.117 e. The van der Waals surface area contributed by atoms with Gasteiger partial charge in [-0.25, -0.2) is 4.98 Å². The summed E-state index contributed by atoms with van der Waals surface area (Å²) in [6, 6.07) is 0. The smallest absolute Gasteiger partial charge is 0.117 e. The van der Waals surface area contributed by atoms with E-state index in [1.165, 1.54) is 0 Å². The number of nitrogens with two attached hydrogens (primary N) is 1. The summed E-state index contributed by atoms with van der Waals surface area (Å²) in [7, 11) is 0. The van der Waals surface area contributed by atoms with Gasteiger partial charge in [-0.15, -0.1) is 11.3 Å². The summed E-state index contributed by atoms with van der Waals surface area (Å²) in [6.45, 7) is 1.85. The van der Waals surface area contributed by atoms with Crippen molar-refractivity contribution in [3.63, 3.8) is 0 Å². The largest absolute Gasteiger partial charge is 0.402 e. The Labute approximate surface area is 58.0 Å². The number of aromatic nitrogens is 1. The van der Waals surface area contributed by atoms with Crippen molar-refractivity contribution in [2.45, 2.75) is 6.92 Å². The zero-order valence-electron chi connectivity index (χ0n) is 5.16. The van der Waals surface area contributed by atoms with Gasteiger partial charge < -0.3 is 5.73 Å². The van der Waals surface area contributed by atoms with E-state index in [2.05, 4.69) is 4.98 Å². The van der Waals surface area contributed by atoms with Crippen LogP contribution in [0.15, 0.2) is 17.3 Å². The van der Waals surface area contributed by atoms with Crippen LogP contribution >= 0.6 is 11.3 Å². The molecule has 1 heterocycles. The fraction of sp³-hybridized carbons (Fsp3) is 0.167. The average molecular weight is 140 g/mol. The minimum absolute atomic E-state index is 0.796. The van der Waals surface area contributed by atoms with Gasteiger partial charge in [-0.1, -0.05) is 0 Å². The fourth-order valence-corrected chi connectivity index (χ4v) is 1.14. The molecule has 0 saturated carbocycles. The molecule has 2 N–H and O–H groups in total. The molecule has 0 saturated heterocycles. The number of thiazole rings is 1. The Morgan fingerprint density at radius 3 is 3.11 bits per heavy atom. The van der Waals surface area contributed by atoms with Crippen molar-refractivity contribution in [1.29, 1.82) is 0 Å². The lowest BCUT2D eigenvalue weighted by Crippen LogP contribution is -1.88. The van der Waals surface area contributed by atoms with Crippen LogP contribution in [0.3, 0.4) is 0 Å². The molecule has 1 rings (SSSR count). The highest BCUT2D eigenvalue weighted by Gasteiger charge is 1.86. The lowest BCUT2D eigenvalue weighted by Gasteiger charge is -1.84. The number of nitrogens with zero attached hydrogens (tertiary/aromatic N) is 1. The molecule has 0 aliphatic rings. The molecule has 2 nitrogen and oxygen atoms in total. The van der Waals surface area contributed by atoms with Crippen LogP contribution in [0.25, 0.3) is 6.08 Å². The summed E-state index contributed by atoms with van der Waals surface area (Å²) in [6.07, 6.45) is 3.62. The molecule has 9 heavy (non-hydrogen) atoms. The van der Waals surface area contributed by atoms with E-state index >= 15 is 0 Å². The third kappa shape index (κ3) is 1.85. The topological polar surface area (TPSA) is 38.9 Å². The highest BCUT2D eigenvalue weighted by atomic mass is 32.1. The molecule has 1 aromatic rings. The summed E-state index contributed by atoms with van der Waals surface area (Å²) in [5.41, 5.74) is 6.21. The summed E-state index contributed by atoms with van der Waals surface area (Å²) >= 11 is 1.58. The number of allylic oxidation sites excluding steroid dienone is 1. The highest BCUT2D eigenvalue weighted by molar-refractivity contribution is 7.10. The standard InChI is InChI=1S/C6H8N2S/c1-5(7)4-6-8-2-3-9-6/h2-4H,7H2,1H3/b5-4+. The molecule has 0 aromatic carbocycles. The average Bonchev–Trinajstić information content (AvgIpc) is 2.15. The first-order valence-electron chi connectivity index (χ1n) is 2.62. The minimum Gasteiger partial charge on any atom is -0.402 e. The van der Waals surface area contributed by atoms with Crippen molar-refractivity contribution < 1.29 is 0 Å². The summed E-state index contributed by atoms with van der Waals surface area (Å²) in [5.74, 6) is 0. The van der Waals surface area contributed by atoms with E-state index < -0.39 is 0 Å². The van der Waals surface area contributed by atoms with Crippen LogP contribution < -0.4 is 5.73 Å². The Bertz CT molecular complexity index is 197. The molecule has 0 unspecified atom stereocenters. The lowest BCUT2D eigenvalue weighted by molar-refractivity contribution is 1.32. The van der Waals surface area contributed by atoms with Crippen molar-refractivity contribution in [1.82, 2.24) is 4.98 Å². The third-order valence-corrected chi connectivity index (χ3v) is 1.53. The number of hydrogen-bond donors (Lipinski definition) is 1. The molecule has 1 aromatic heterocycles. The van der Waals surface area contributed by atoms with E-state index in [4.69, 9.17) is 5.73 Å². The molecule has 0 amide bonds. The van der Waals surface area contributed by atoms with Crippen LogP contribution in [-0.4, -0.2) is 4.98 Å². The lowest BCUT2D eigenvalue weighted by atomic mass is 10.5. The molecular weight excluding hydrogens is 132 g/mol. The van der Waals surface area contributed by atoms with Crippen LogP contribution in [0.4, 0.5) is 0 Å². The Hall–Kier alpha value is -0.830. The second-order valence-corrected chi connectivity index (χ2v) is 2.68. The molecule has 3 heteroatoms. The fourth-order valence-electron chi connectivity index (χ4n) is 0.501. The zero-order valence-corrected chi connectivity index (χ0v) is 5.98. The van der Waals surface area contributed by atoms with Gasteiger partial charge in [0.25, 0.3) is 0 Å². The van der Waals surface area contributed by atoms with Crippen LogP contribution in [0.5, 0.6) is 0 Å². The molecule has 0 fully saturated rings. The van der Waals surface area contributed by atoms with Crippen molar-refractivity contribution >= 4 is 17.4 Å². The van der Waals surface area contributed by atoms with Gasteiger partial charge in [-0.05, 0) is 13.0 Å². The Balaban J connectivity index is 2.80. The normalized spacial score (nSPS) is 11.9. The van der Waals surface area contributed by atoms with Crippen molar-refractivity contribution in [2.24, 2.45) is 5.73 Å². The second-order valence-electron chi connectivity index (χ2n) is 1.76. The quantitative estimate of drug-likeness (QED) is 0.641. The maximum absolute atomic E-state index is 5.41.